The van der Waals surface area contributed by atoms with Gasteiger partial charge in [-0.05, 0) is 66.8 Å². The Bertz CT molecular complexity index is 693. The van der Waals surface area contributed by atoms with Crippen molar-refractivity contribution < 1.29 is 4.42 Å². The Kier molecular flexibility index (Phi) is 3.30. The molecule has 1 aliphatic heterocycles. The first kappa shape index (κ1) is 14.1. The molecule has 23 heavy (non-hydrogen) atoms. The Hall–Kier alpha value is -1.27. The Morgan fingerprint density at radius 3 is 2.70 bits per heavy atom. The van der Waals surface area contributed by atoms with Gasteiger partial charge in [-0.1, -0.05) is 0 Å². The zero-order chi connectivity index (χ0) is 15.4. The molecule has 2 aromatic heterocycles. The minimum Gasteiger partial charge on any atom is -0.453 e. The van der Waals surface area contributed by atoms with E-state index in [9.17, 15) is 0 Å². The first-order chi connectivity index (χ1) is 11.3. The molecule has 2 aromatic rings. The summed E-state index contributed by atoms with van der Waals surface area (Å²) in [6.07, 6.45) is 6.20. The second kappa shape index (κ2) is 5.38. The van der Waals surface area contributed by atoms with Gasteiger partial charge in [0, 0.05) is 20.1 Å². The molecule has 0 aromatic carbocycles. The van der Waals surface area contributed by atoms with Crippen molar-refractivity contribution in [3.63, 3.8) is 0 Å². The highest BCUT2D eigenvalue weighted by molar-refractivity contribution is 7.99. The fraction of sp³-hybridized carbons (Fsp3) is 0.647. The third-order valence-electron chi connectivity index (χ3n) is 6.09. The van der Waals surface area contributed by atoms with Gasteiger partial charge >= 0.3 is 0 Å². The number of furan rings is 1. The largest absolute Gasteiger partial charge is 0.453 e. The van der Waals surface area contributed by atoms with Gasteiger partial charge in [0.15, 0.2) is 10.2 Å². The molecule has 4 atom stereocenters. The van der Waals surface area contributed by atoms with E-state index in [1.54, 1.807) is 6.33 Å². The van der Waals surface area contributed by atoms with Crippen LogP contribution < -0.4 is 0 Å². The van der Waals surface area contributed by atoms with Crippen molar-refractivity contribution >= 4 is 11.8 Å². The van der Waals surface area contributed by atoms with Crippen molar-refractivity contribution in [2.45, 2.75) is 36.1 Å². The summed E-state index contributed by atoms with van der Waals surface area (Å²) in [5, 5.41) is 9.75. The molecule has 0 N–H and O–H groups in total. The lowest BCUT2D eigenvalue weighted by Gasteiger charge is -2.22. The summed E-state index contributed by atoms with van der Waals surface area (Å²) in [5.41, 5.74) is 0. The van der Waals surface area contributed by atoms with Crippen molar-refractivity contribution in [2.24, 2.45) is 30.7 Å². The zero-order valence-corrected chi connectivity index (χ0v) is 14.2. The van der Waals surface area contributed by atoms with Crippen LogP contribution in [0.4, 0.5) is 0 Å². The standard InChI is InChI=1S/C17H22N4OS/c1-20-10-18-19-17(20)23-16-5-4-13(22-16)7-21-8-14-11-2-3-12(6-11)15(14)9-21/h4-5,10-12,14-15H,2-3,6-9H2,1H3/t11-,12+,14-,15+. The average molecular weight is 330 g/mol. The molecule has 3 heterocycles. The lowest BCUT2D eigenvalue weighted by molar-refractivity contribution is 0.256. The molecular weight excluding hydrogens is 308 g/mol. The zero-order valence-electron chi connectivity index (χ0n) is 13.4. The molecule has 3 aliphatic rings. The van der Waals surface area contributed by atoms with Crippen LogP contribution in [0.2, 0.25) is 0 Å². The van der Waals surface area contributed by atoms with E-state index >= 15 is 0 Å². The first-order valence-electron chi connectivity index (χ1n) is 8.59. The molecule has 6 heteroatoms. The van der Waals surface area contributed by atoms with Gasteiger partial charge in [-0.15, -0.1) is 10.2 Å². The predicted octanol–water partition coefficient (Wildman–Crippen LogP) is 3.04. The maximum Gasteiger partial charge on any atom is 0.198 e. The number of hydrogen-bond acceptors (Lipinski definition) is 5. The SMILES string of the molecule is Cn1cnnc1Sc1ccc(CN2C[C@@H]3[C@@H]4CC[C@@H](C4)[C@@H]3C2)o1. The molecule has 2 saturated carbocycles. The van der Waals surface area contributed by atoms with Crippen LogP contribution in [-0.4, -0.2) is 32.8 Å². The Labute approximate surface area is 140 Å². The van der Waals surface area contributed by atoms with Gasteiger partial charge in [0.2, 0.25) is 0 Å². The third kappa shape index (κ3) is 2.43. The normalized spacial score (nSPS) is 32.7. The predicted molar refractivity (Wildman–Crippen MR) is 86.9 cm³/mol. The van der Waals surface area contributed by atoms with Crippen LogP contribution in [0.25, 0.3) is 0 Å². The monoisotopic (exact) mass is 330 g/mol. The summed E-state index contributed by atoms with van der Waals surface area (Å²) < 4.78 is 7.91. The average Bonchev–Trinajstić information content (AvgIpc) is 3.30. The number of rotatable bonds is 4. The van der Waals surface area contributed by atoms with Crippen LogP contribution in [-0.2, 0) is 13.6 Å². The highest BCUT2D eigenvalue weighted by atomic mass is 32.2. The van der Waals surface area contributed by atoms with Crippen LogP contribution in [0.1, 0.15) is 25.0 Å². The molecule has 0 amide bonds. The van der Waals surface area contributed by atoms with Crippen molar-refractivity contribution in [3.05, 3.63) is 24.2 Å². The van der Waals surface area contributed by atoms with Crippen molar-refractivity contribution in [1.29, 1.82) is 0 Å². The molecule has 0 spiro atoms. The Balaban J connectivity index is 1.23. The molecule has 1 saturated heterocycles. The Morgan fingerprint density at radius 1 is 1.22 bits per heavy atom. The van der Waals surface area contributed by atoms with E-state index in [-0.39, 0.29) is 0 Å². The van der Waals surface area contributed by atoms with E-state index in [1.807, 2.05) is 11.6 Å². The number of nitrogens with zero attached hydrogens (tertiary/aromatic N) is 4. The summed E-state index contributed by atoms with van der Waals surface area (Å²) in [7, 11) is 1.95. The number of aryl methyl sites for hydroxylation is 1. The van der Waals surface area contributed by atoms with E-state index in [2.05, 4.69) is 27.2 Å². The van der Waals surface area contributed by atoms with E-state index in [0.717, 1.165) is 46.2 Å². The van der Waals surface area contributed by atoms with Gasteiger partial charge in [-0.3, -0.25) is 4.90 Å². The molecule has 122 valence electrons. The van der Waals surface area contributed by atoms with Gasteiger partial charge in [-0.2, -0.15) is 0 Å². The summed E-state index contributed by atoms with van der Waals surface area (Å²) in [4.78, 5) is 2.61. The summed E-state index contributed by atoms with van der Waals surface area (Å²) in [6.45, 7) is 3.50. The second-order valence-corrected chi connectivity index (χ2v) is 8.37. The van der Waals surface area contributed by atoms with Gasteiger partial charge < -0.3 is 8.98 Å². The fourth-order valence-corrected chi connectivity index (χ4v) is 5.82. The van der Waals surface area contributed by atoms with E-state index in [0.29, 0.717) is 0 Å². The number of hydrogen-bond donors (Lipinski definition) is 0. The lowest BCUT2D eigenvalue weighted by atomic mass is 9.82. The highest BCUT2D eigenvalue weighted by Gasteiger charge is 2.51. The second-order valence-electron chi connectivity index (χ2n) is 7.40. The summed E-state index contributed by atoms with van der Waals surface area (Å²) in [5.74, 6) is 5.05. The highest BCUT2D eigenvalue weighted by Crippen LogP contribution is 2.55. The smallest absolute Gasteiger partial charge is 0.198 e. The van der Waals surface area contributed by atoms with E-state index in [4.69, 9.17) is 4.42 Å². The quantitative estimate of drug-likeness (QED) is 0.862. The molecular formula is C17H22N4OS. The molecule has 0 unspecified atom stereocenters. The van der Waals surface area contributed by atoms with Crippen LogP contribution in [0.5, 0.6) is 0 Å². The molecule has 5 nitrogen and oxygen atoms in total. The van der Waals surface area contributed by atoms with Gasteiger partial charge in [0.05, 0.1) is 6.54 Å². The van der Waals surface area contributed by atoms with Crippen LogP contribution >= 0.6 is 11.8 Å². The Morgan fingerprint density at radius 2 is 2.00 bits per heavy atom. The topological polar surface area (TPSA) is 47.1 Å². The maximum absolute atomic E-state index is 6.01. The van der Waals surface area contributed by atoms with Gasteiger partial charge in [0.25, 0.3) is 0 Å². The van der Waals surface area contributed by atoms with E-state index < -0.39 is 0 Å². The minimum atomic E-state index is 0.859. The van der Waals surface area contributed by atoms with Gasteiger partial charge in [-0.25, -0.2) is 0 Å². The molecule has 3 fully saturated rings. The van der Waals surface area contributed by atoms with Crippen LogP contribution in [0, 0.1) is 23.7 Å². The van der Waals surface area contributed by atoms with Crippen LogP contribution in [0.3, 0.4) is 0 Å². The molecule has 2 aliphatic carbocycles. The third-order valence-corrected chi connectivity index (χ3v) is 7.06. The summed E-state index contributed by atoms with van der Waals surface area (Å²) in [6, 6.07) is 4.16. The molecule has 0 radical (unpaired) electrons. The first-order valence-corrected chi connectivity index (χ1v) is 9.41. The number of fused-ring (bicyclic) bond motifs is 5. The van der Waals surface area contributed by atoms with E-state index in [1.165, 1.54) is 44.1 Å². The van der Waals surface area contributed by atoms with Crippen molar-refractivity contribution in [2.75, 3.05) is 13.1 Å². The summed E-state index contributed by atoms with van der Waals surface area (Å²) >= 11 is 1.53. The molecule has 2 bridgehead atoms. The van der Waals surface area contributed by atoms with Crippen molar-refractivity contribution in [1.82, 2.24) is 19.7 Å². The number of likely N-dealkylation sites (tertiary alicyclic amines) is 1. The van der Waals surface area contributed by atoms with Crippen LogP contribution in [0.15, 0.2) is 33.1 Å². The minimum absolute atomic E-state index is 0.859. The van der Waals surface area contributed by atoms with Gasteiger partial charge in [0.1, 0.15) is 12.1 Å². The fourth-order valence-electron chi connectivity index (χ4n) is 5.07. The number of aromatic nitrogens is 3. The lowest BCUT2D eigenvalue weighted by Crippen LogP contribution is -2.22. The molecule has 5 rings (SSSR count). The van der Waals surface area contributed by atoms with Crippen molar-refractivity contribution in [3.8, 4) is 0 Å². The maximum atomic E-state index is 6.01.